The lowest BCUT2D eigenvalue weighted by atomic mass is 10.1. The van der Waals surface area contributed by atoms with Gasteiger partial charge in [-0.1, -0.05) is 5.16 Å². The minimum absolute atomic E-state index is 0.244. The van der Waals surface area contributed by atoms with Crippen LogP contribution in [0.25, 0.3) is 0 Å². The van der Waals surface area contributed by atoms with Crippen LogP contribution in [-0.2, 0) is 11.2 Å². The van der Waals surface area contributed by atoms with Gasteiger partial charge in [0, 0.05) is 17.7 Å². The van der Waals surface area contributed by atoms with Gasteiger partial charge in [0.2, 0.25) is 0 Å². The number of hydrogen-bond acceptors (Lipinski definition) is 6. The number of aryl methyl sites for hydroxylation is 2. The fourth-order valence-electron chi connectivity index (χ4n) is 2.34. The van der Waals surface area contributed by atoms with Crippen molar-refractivity contribution in [1.29, 1.82) is 0 Å². The van der Waals surface area contributed by atoms with Crippen molar-refractivity contribution in [3.63, 3.8) is 0 Å². The van der Waals surface area contributed by atoms with Crippen LogP contribution in [0.1, 0.15) is 27.4 Å². The summed E-state index contributed by atoms with van der Waals surface area (Å²) in [6, 6.07) is 4.69. The van der Waals surface area contributed by atoms with Crippen molar-refractivity contribution >= 4 is 11.8 Å². The normalized spacial score (nSPS) is 10.4. The first kappa shape index (κ1) is 18.3. The molecule has 8 heteroatoms. The fourth-order valence-corrected chi connectivity index (χ4v) is 2.34. The van der Waals surface area contributed by atoms with Gasteiger partial charge in [0.15, 0.2) is 18.1 Å². The Balaban J connectivity index is 1.98. The highest BCUT2D eigenvalue weighted by Crippen LogP contribution is 2.28. The summed E-state index contributed by atoms with van der Waals surface area (Å²) in [5.74, 6) is 0.604. The molecule has 0 atom stereocenters. The first-order chi connectivity index (χ1) is 11.9. The van der Waals surface area contributed by atoms with Crippen molar-refractivity contribution in [2.24, 2.45) is 5.73 Å². The van der Waals surface area contributed by atoms with Crippen LogP contribution >= 0.6 is 0 Å². The Bertz CT molecular complexity index is 750. The van der Waals surface area contributed by atoms with E-state index >= 15 is 0 Å². The van der Waals surface area contributed by atoms with Crippen molar-refractivity contribution in [3.8, 4) is 11.5 Å². The predicted octanol–water partition coefficient (Wildman–Crippen LogP) is 1.14. The molecule has 1 heterocycles. The van der Waals surface area contributed by atoms with Crippen molar-refractivity contribution in [3.05, 3.63) is 40.8 Å². The number of primary amides is 1. The molecule has 2 amide bonds. The first-order valence-electron chi connectivity index (χ1n) is 7.71. The number of carbonyl (C=O) groups excluding carboxylic acids is 2. The number of nitrogens with one attached hydrogen (secondary N) is 1. The van der Waals surface area contributed by atoms with E-state index in [0.29, 0.717) is 30.0 Å². The second-order valence-electron chi connectivity index (χ2n) is 5.43. The van der Waals surface area contributed by atoms with Crippen molar-refractivity contribution in [2.75, 3.05) is 20.3 Å². The number of rotatable bonds is 8. The molecule has 0 aliphatic heterocycles. The molecule has 0 aliphatic rings. The lowest BCUT2D eigenvalue weighted by molar-refractivity contribution is -0.119. The highest BCUT2D eigenvalue weighted by molar-refractivity contribution is 5.94. The van der Waals surface area contributed by atoms with Gasteiger partial charge in [0.25, 0.3) is 11.8 Å². The molecule has 0 aliphatic carbocycles. The number of hydrogen-bond donors (Lipinski definition) is 2. The largest absolute Gasteiger partial charge is 0.493 e. The highest BCUT2D eigenvalue weighted by Gasteiger charge is 2.13. The molecule has 0 spiro atoms. The van der Waals surface area contributed by atoms with E-state index in [2.05, 4.69) is 10.5 Å². The highest BCUT2D eigenvalue weighted by atomic mass is 16.5. The van der Waals surface area contributed by atoms with Crippen LogP contribution in [-0.4, -0.2) is 37.2 Å². The Kier molecular flexibility index (Phi) is 5.99. The van der Waals surface area contributed by atoms with Crippen LogP contribution in [0.3, 0.4) is 0 Å². The molecule has 0 saturated heterocycles. The van der Waals surface area contributed by atoms with Gasteiger partial charge in [-0.2, -0.15) is 0 Å². The van der Waals surface area contributed by atoms with Gasteiger partial charge < -0.3 is 25.0 Å². The summed E-state index contributed by atoms with van der Waals surface area (Å²) in [5, 5.41) is 6.72. The molecule has 3 N–H and O–H groups in total. The Morgan fingerprint density at radius 1 is 1.28 bits per heavy atom. The number of methoxy groups -OCH3 is 1. The quantitative estimate of drug-likeness (QED) is 0.739. The van der Waals surface area contributed by atoms with Crippen LogP contribution in [0, 0.1) is 13.8 Å². The maximum absolute atomic E-state index is 12.3. The monoisotopic (exact) mass is 347 g/mol. The molecule has 2 rings (SSSR count). The van der Waals surface area contributed by atoms with E-state index in [1.54, 1.807) is 18.2 Å². The zero-order valence-corrected chi connectivity index (χ0v) is 14.4. The molecular formula is C17H21N3O5. The lowest BCUT2D eigenvalue weighted by Crippen LogP contribution is -2.26. The molecular weight excluding hydrogens is 326 g/mol. The average molecular weight is 347 g/mol. The Hall–Kier alpha value is -3.03. The van der Waals surface area contributed by atoms with E-state index in [9.17, 15) is 9.59 Å². The van der Waals surface area contributed by atoms with Crippen LogP contribution in [0.5, 0.6) is 11.5 Å². The molecule has 0 fully saturated rings. The second kappa shape index (κ2) is 8.18. The third-order valence-corrected chi connectivity index (χ3v) is 3.64. The third-order valence-electron chi connectivity index (χ3n) is 3.64. The standard InChI is InChI=1S/C17H21N3O5/c1-10-13(11(2)25-20-10)6-7-19-17(22)12-4-5-14(15(8-12)23-3)24-9-16(18)21/h4-5,8H,6-7,9H2,1-3H3,(H2,18,21)(H,19,22). The zero-order chi connectivity index (χ0) is 18.4. The van der Waals surface area contributed by atoms with E-state index < -0.39 is 5.91 Å². The van der Waals surface area contributed by atoms with Crippen molar-refractivity contribution in [2.45, 2.75) is 20.3 Å². The Morgan fingerprint density at radius 2 is 2.04 bits per heavy atom. The fraction of sp³-hybridized carbons (Fsp3) is 0.353. The van der Waals surface area contributed by atoms with Gasteiger partial charge in [0.05, 0.1) is 12.8 Å². The average Bonchev–Trinajstić information content (AvgIpc) is 2.91. The summed E-state index contributed by atoms with van der Waals surface area (Å²) in [6.07, 6.45) is 0.629. The minimum atomic E-state index is -0.594. The zero-order valence-electron chi connectivity index (χ0n) is 14.4. The minimum Gasteiger partial charge on any atom is -0.493 e. The Labute approximate surface area is 145 Å². The van der Waals surface area contributed by atoms with E-state index in [4.69, 9.17) is 19.7 Å². The van der Waals surface area contributed by atoms with E-state index in [1.807, 2.05) is 13.8 Å². The molecule has 0 saturated carbocycles. The molecule has 0 unspecified atom stereocenters. The predicted molar refractivity (Wildman–Crippen MR) is 89.7 cm³/mol. The smallest absolute Gasteiger partial charge is 0.255 e. The number of ether oxygens (including phenoxy) is 2. The lowest BCUT2D eigenvalue weighted by Gasteiger charge is -2.11. The molecule has 1 aromatic heterocycles. The SMILES string of the molecule is COc1cc(C(=O)NCCc2c(C)noc2C)ccc1OCC(N)=O. The van der Waals surface area contributed by atoms with E-state index in [0.717, 1.165) is 17.0 Å². The summed E-state index contributed by atoms with van der Waals surface area (Å²) in [7, 11) is 1.45. The summed E-state index contributed by atoms with van der Waals surface area (Å²) in [6.45, 7) is 3.89. The molecule has 134 valence electrons. The van der Waals surface area contributed by atoms with Crippen LogP contribution in [0.2, 0.25) is 0 Å². The molecule has 0 bridgehead atoms. The molecule has 25 heavy (non-hydrogen) atoms. The number of amides is 2. The summed E-state index contributed by atoms with van der Waals surface area (Å²) in [4.78, 5) is 23.1. The second-order valence-corrected chi connectivity index (χ2v) is 5.43. The van der Waals surface area contributed by atoms with Crippen molar-refractivity contribution in [1.82, 2.24) is 10.5 Å². The number of nitrogens with zero attached hydrogens (tertiary/aromatic N) is 1. The van der Waals surface area contributed by atoms with E-state index in [-0.39, 0.29) is 12.5 Å². The van der Waals surface area contributed by atoms with Gasteiger partial charge in [-0.15, -0.1) is 0 Å². The van der Waals surface area contributed by atoms with Gasteiger partial charge in [-0.3, -0.25) is 9.59 Å². The molecule has 2 aromatic rings. The van der Waals surface area contributed by atoms with Crippen LogP contribution in [0.4, 0.5) is 0 Å². The van der Waals surface area contributed by atoms with Crippen LogP contribution in [0.15, 0.2) is 22.7 Å². The number of nitrogens with two attached hydrogens (primary N) is 1. The topological polar surface area (TPSA) is 117 Å². The molecule has 8 nitrogen and oxygen atoms in total. The van der Waals surface area contributed by atoms with Gasteiger partial charge in [-0.25, -0.2) is 0 Å². The Morgan fingerprint density at radius 3 is 2.64 bits per heavy atom. The first-order valence-corrected chi connectivity index (χ1v) is 7.71. The summed E-state index contributed by atoms with van der Waals surface area (Å²) >= 11 is 0. The van der Waals surface area contributed by atoms with Gasteiger partial charge in [-0.05, 0) is 38.5 Å². The maximum Gasteiger partial charge on any atom is 0.255 e. The van der Waals surface area contributed by atoms with Crippen molar-refractivity contribution < 1.29 is 23.6 Å². The molecule has 0 radical (unpaired) electrons. The molecule has 1 aromatic carbocycles. The number of benzene rings is 1. The van der Waals surface area contributed by atoms with E-state index in [1.165, 1.54) is 7.11 Å². The van der Waals surface area contributed by atoms with Crippen LogP contribution < -0.4 is 20.5 Å². The summed E-state index contributed by atoms with van der Waals surface area (Å²) < 4.78 is 15.5. The number of aromatic nitrogens is 1. The summed E-state index contributed by atoms with van der Waals surface area (Å²) in [5.41, 5.74) is 7.28. The maximum atomic E-state index is 12.3. The van der Waals surface area contributed by atoms with Gasteiger partial charge >= 0.3 is 0 Å². The number of carbonyl (C=O) groups is 2. The van der Waals surface area contributed by atoms with Gasteiger partial charge in [0.1, 0.15) is 5.76 Å². The third kappa shape index (κ3) is 4.72.